The molecular formula is C14H16N2OS. The molecule has 4 heteroatoms. The number of aryl methyl sites for hydroxylation is 1. The van der Waals surface area contributed by atoms with Crippen molar-refractivity contribution in [3.63, 3.8) is 0 Å². The van der Waals surface area contributed by atoms with Crippen LogP contribution < -0.4 is 0 Å². The molecule has 94 valence electrons. The minimum atomic E-state index is 0.146. The minimum Gasteiger partial charge on any atom is -0.293 e. The van der Waals surface area contributed by atoms with Gasteiger partial charge in [-0.15, -0.1) is 11.3 Å². The molecular weight excluding hydrogens is 244 g/mol. The predicted octanol–water partition coefficient (Wildman–Crippen LogP) is 2.77. The number of Topliss-reactive ketones (excluding diaryl/α,β-unsaturated/α-hetero) is 1. The van der Waals surface area contributed by atoms with Gasteiger partial charge in [-0.3, -0.25) is 9.69 Å². The van der Waals surface area contributed by atoms with Crippen LogP contribution in [0, 0.1) is 6.92 Å². The van der Waals surface area contributed by atoms with Gasteiger partial charge in [-0.1, -0.05) is 29.8 Å². The van der Waals surface area contributed by atoms with Crippen LogP contribution in [0.5, 0.6) is 0 Å². The van der Waals surface area contributed by atoms with Crippen molar-refractivity contribution in [3.05, 3.63) is 52.0 Å². The predicted molar refractivity (Wildman–Crippen MR) is 74.0 cm³/mol. The van der Waals surface area contributed by atoms with E-state index in [9.17, 15) is 4.79 Å². The van der Waals surface area contributed by atoms with Crippen molar-refractivity contribution >= 4 is 17.1 Å². The number of hydrogen-bond acceptors (Lipinski definition) is 4. The van der Waals surface area contributed by atoms with E-state index in [2.05, 4.69) is 4.98 Å². The summed E-state index contributed by atoms with van der Waals surface area (Å²) in [5, 5.41) is 2.01. The zero-order valence-electron chi connectivity index (χ0n) is 10.6. The molecule has 0 saturated heterocycles. The van der Waals surface area contributed by atoms with E-state index in [0.717, 1.165) is 11.3 Å². The maximum Gasteiger partial charge on any atom is 0.176 e. The van der Waals surface area contributed by atoms with Crippen molar-refractivity contribution in [2.45, 2.75) is 13.5 Å². The lowest BCUT2D eigenvalue weighted by molar-refractivity contribution is 0.0942. The van der Waals surface area contributed by atoms with Crippen molar-refractivity contribution < 1.29 is 4.79 Å². The van der Waals surface area contributed by atoms with Gasteiger partial charge in [-0.05, 0) is 14.0 Å². The maximum atomic E-state index is 12.0. The SMILES string of the molecule is Cc1ccc(C(=O)CN(C)Cc2cscn2)cc1. The van der Waals surface area contributed by atoms with E-state index in [4.69, 9.17) is 0 Å². The molecule has 0 aliphatic rings. The van der Waals surface area contributed by atoms with Crippen molar-refractivity contribution in [1.82, 2.24) is 9.88 Å². The lowest BCUT2D eigenvalue weighted by Gasteiger charge is -2.14. The second kappa shape index (κ2) is 5.89. The summed E-state index contributed by atoms with van der Waals surface area (Å²) >= 11 is 1.58. The monoisotopic (exact) mass is 260 g/mol. The number of aromatic nitrogens is 1. The zero-order valence-corrected chi connectivity index (χ0v) is 11.4. The maximum absolute atomic E-state index is 12.0. The van der Waals surface area contributed by atoms with E-state index >= 15 is 0 Å². The fraction of sp³-hybridized carbons (Fsp3) is 0.286. The molecule has 0 unspecified atom stereocenters. The first-order valence-electron chi connectivity index (χ1n) is 5.80. The van der Waals surface area contributed by atoms with Gasteiger partial charge in [-0.25, -0.2) is 4.98 Å². The molecule has 0 N–H and O–H groups in total. The van der Waals surface area contributed by atoms with E-state index in [0.29, 0.717) is 13.1 Å². The summed E-state index contributed by atoms with van der Waals surface area (Å²) in [7, 11) is 1.94. The summed E-state index contributed by atoms with van der Waals surface area (Å²) in [4.78, 5) is 18.2. The van der Waals surface area contributed by atoms with Crippen LogP contribution >= 0.6 is 11.3 Å². The van der Waals surface area contributed by atoms with Gasteiger partial charge < -0.3 is 0 Å². The Morgan fingerprint density at radius 3 is 2.67 bits per heavy atom. The lowest BCUT2D eigenvalue weighted by atomic mass is 10.1. The summed E-state index contributed by atoms with van der Waals surface area (Å²) in [6.07, 6.45) is 0. The quantitative estimate of drug-likeness (QED) is 0.775. The van der Waals surface area contributed by atoms with Crippen molar-refractivity contribution in [3.8, 4) is 0 Å². The summed E-state index contributed by atoms with van der Waals surface area (Å²) in [6.45, 7) is 3.14. The normalized spacial score (nSPS) is 10.8. The number of carbonyl (C=O) groups is 1. The van der Waals surface area contributed by atoms with E-state index in [-0.39, 0.29) is 5.78 Å². The molecule has 2 rings (SSSR count). The Bertz CT molecular complexity index is 505. The lowest BCUT2D eigenvalue weighted by Crippen LogP contribution is -2.25. The first kappa shape index (κ1) is 12.9. The number of benzene rings is 1. The van der Waals surface area contributed by atoms with Gasteiger partial charge in [0.05, 0.1) is 17.7 Å². The number of rotatable bonds is 5. The molecule has 0 bridgehead atoms. The highest BCUT2D eigenvalue weighted by molar-refractivity contribution is 7.07. The van der Waals surface area contributed by atoms with Crippen LogP contribution in [-0.2, 0) is 6.54 Å². The molecule has 0 spiro atoms. The number of carbonyl (C=O) groups excluding carboxylic acids is 1. The molecule has 0 aliphatic heterocycles. The molecule has 0 saturated carbocycles. The van der Waals surface area contributed by atoms with Crippen LogP contribution in [0.4, 0.5) is 0 Å². The molecule has 2 aromatic rings. The molecule has 0 atom stereocenters. The van der Waals surface area contributed by atoms with Crippen LogP contribution in [-0.4, -0.2) is 29.3 Å². The Hall–Kier alpha value is -1.52. The third-order valence-electron chi connectivity index (χ3n) is 2.70. The summed E-state index contributed by atoms with van der Waals surface area (Å²) in [5.74, 6) is 0.146. The number of likely N-dealkylation sites (N-methyl/N-ethyl adjacent to an activating group) is 1. The van der Waals surface area contributed by atoms with Gasteiger partial charge in [0, 0.05) is 17.5 Å². The van der Waals surface area contributed by atoms with Gasteiger partial charge in [0.2, 0.25) is 0 Å². The standard InChI is InChI=1S/C14H16N2OS/c1-11-3-5-12(6-4-11)14(17)8-16(2)7-13-9-18-10-15-13/h3-6,9-10H,7-8H2,1-2H3. The molecule has 1 aromatic heterocycles. The fourth-order valence-electron chi connectivity index (χ4n) is 1.72. The summed E-state index contributed by atoms with van der Waals surface area (Å²) < 4.78 is 0. The molecule has 0 radical (unpaired) electrons. The largest absolute Gasteiger partial charge is 0.293 e. The molecule has 0 amide bonds. The molecule has 1 aromatic carbocycles. The van der Waals surface area contributed by atoms with Gasteiger partial charge >= 0.3 is 0 Å². The molecule has 18 heavy (non-hydrogen) atoms. The average Bonchev–Trinajstić information content (AvgIpc) is 2.82. The Balaban J connectivity index is 1.92. The first-order valence-corrected chi connectivity index (χ1v) is 6.75. The van der Waals surface area contributed by atoms with Gasteiger partial charge in [0.15, 0.2) is 5.78 Å². The summed E-state index contributed by atoms with van der Waals surface area (Å²) in [6, 6.07) is 7.70. The topological polar surface area (TPSA) is 33.2 Å². The highest BCUT2D eigenvalue weighted by Crippen LogP contribution is 2.07. The van der Waals surface area contributed by atoms with E-state index < -0.39 is 0 Å². The van der Waals surface area contributed by atoms with Crippen LogP contribution in [0.25, 0.3) is 0 Å². The highest BCUT2D eigenvalue weighted by atomic mass is 32.1. The van der Waals surface area contributed by atoms with Crippen LogP contribution in [0.15, 0.2) is 35.2 Å². The molecule has 3 nitrogen and oxygen atoms in total. The molecule has 0 aliphatic carbocycles. The average molecular weight is 260 g/mol. The summed E-state index contributed by atoms with van der Waals surface area (Å²) in [5.41, 5.74) is 4.76. The van der Waals surface area contributed by atoms with E-state index in [1.807, 2.05) is 54.0 Å². The zero-order chi connectivity index (χ0) is 13.0. The van der Waals surface area contributed by atoms with Crippen LogP contribution in [0.2, 0.25) is 0 Å². The second-order valence-corrected chi connectivity index (χ2v) is 5.16. The fourth-order valence-corrected chi connectivity index (χ4v) is 2.27. The number of hydrogen-bond donors (Lipinski definition) is 0. The molecule has 0 fully saturated rings. The van der Waals surface area contributed by atoms with E-state index in [1.54, 1.807) is 11.3 Å². The Morgan fingerprint density at radius 1 is 1.33 bits per heavy atom. The molecule has 1 heterocycles. The van der Waals surface area contributed by atoms with E-state index in [1.165, 1.54) is 5.56 Å². The number of thiazole rings is 1. The Labute approximate surface area is 111 Å². The van der Waals surface area contributed by atoms with Gasteiger partial charge in [0.25, 0.3) is 0 Å². The Kier molecular flexibility index (Phi) is 4.23. The number of nitrogens with zero attached hydrogens (tertiary/aromatic N) is 2. The van der Waals surface area contributed by atoms with Crippen molar-refractivity contribution in [2.75, 3.05) is 13.6 Å². The second-order valence-electron chi connectivity index (χ2n) is 4.44. The third-order valence-corrected chi connectivity index (χ3v) is 3.34. The van der Waals surface area contributed by atoms with Crippen molar-refractivity contribution in [2.24, 2.45) is 0 Å². The van der Waals surface area contributed by atoms with Gasteiger partial charge in [-0.2, -0.15) is 0 Å². The first-order chi connectivity index (χ1) is 8.65. The highest BCUT2D eigenvalue weighted by Gasteiger charge is 2.10. The van der Waals surface area contributed by atoms with Crippen LogP contribution in [0.3, 0.4) is 0 Å². The van der Waals surface area contributed by atoms with Gasteiger partial charge in [0.1, 0.15) is 0 Å². The minimum absolute atomic E-state index is 0.146. The number of ketones is 1. The smallest absolute Gasteiger partial charge is 0.176 e. The Morgan fingerprint density at radius 2 is 2.06 bits per heavy atom. The van der Waals surface area contributed by atoms with Crippen molar-refractivity contribution in [1.29, 1.82) is 0 Å². The van der Waals surface area contributed by atoms with Crippen LogP contribution in [0.1, 0.15) is 21.6 Å². The third kappa shape index (κ3) is 3.48.